The van der Waals surface area contributed by atoms with Gasteiger partial charge < -0.3 is 9.99 Å². The fraction of sp³-hybridized carbons (Fsp3) is 0.333. The van der Waals surface area contributed by atoms with Crippen LogP contribution in [0.2, 0.25) is 0 Å². The van der Waals surface area contributed by atoms with Crippen LogP contribution in [0, 0.1) is 11.3 Å². The number of Topliss-reactive ketones (excluding diaryl/α,β-unsaturated/α-hetero) is 1. The number of H-pyrrole nitrogens is 1. The van der Waals surface area contributed by atoms with Gasteiger partial charge in [0.2, 0.25) is 5.78 Å². The maximum atomic E-state index is 11.2. The minimum absolute atomic E-state index is 0.209. The standard InChI is InChI=1S/C15H15N7O/c16-7-11(23)9-20-3-5-21(6-4-20)22-10-19-13-8-18-15-12(14(13)22)1-2-17-15/h1-2,8,10H,3-6,9H2,(H,17,18). The molecule has 0 amide bonds. The lowest BCUT2D eigenvalue weighted by Crippen LogP contribution is -2.51. The van der Waals surface area contributed by atoms with E-state index in [1.165, 1.54) is 0 Å². The Kier molecular flexibility index (Phi) is 3.20. The van der Waals surface area contributed by atoms with E-state index in [9.17, 15) is 4.79 Å². The van der Waals surface area contributed by atoms with Gasteiger partial charge in [0, 0.05) is 37.8 Å². The molecule has 1 aliphatic heterocycles. The number of ketones is 1. The largest absolute Gasteiger partial charge is 0.346 e. The third-order valence-electron chi connectivity index (χ3n) is 4.22. The molecule has 8 nitrogen and oxygen atoms in total. The van der Waals surface area contributed by atoms with Crippen molar-refractivity contribution in [1.82, 2.24) is 24.5 Å². The number of aromatic nitrogens is 4. The quantitative estimate of drug-likeness (QED) is 0.697. The average Bonchev–Trinajstić information content (AvgIpc) is 3.21. The number of hydrogen-bond donors (Lipinski definition) is 1. The number of carbonyl (C=O) groups excluding carboxylic acids is 1. The molecule has 1 saturated heterocycles. The van der Waals surface area contributed by atoms with Crippen LogP contribution in [0.5, 0.6) is 0 Å². The number of nitrogens with one attached hydrogen (secondary N) is 1. The molecular formula is C15H15N7O. The highest BCUT2D eigenvalue weighted by Crippen LogP contribution is 2.22. The van der Waals surface area contributed by atoms with Gasteiger partial charge in [-0.1, -0.05) is 0 Å². The Morgan fingerprint density at radius 3 is 2.91 bits per heavy atom. The van der Waals surface area contributed by atoms with Gasteiger partial charge in [0.25, 0.3) is 0 Å². The smallest absolute Gasteiger partial charge is 0.245 e. The molecule has 0 aromatic carbocycles. The highest BCUT2D eigenvalue weighted by atomic mass is 16.1. The van der Waals surface area contributed by atoms with Gasteiger partial charge in [0.1, 0.15) is 29.1 Å². The number of nitriles is 1. The molecule has 1 N–H and O–H groups in total. The molecule has 0 saturated carbocycles. The first-order valence-corrected chi connectivity index (χ1v) is 7.46. The Morgan fingerprint density at radius 2 is 2.13 bits per heavy atom. The summed E-state index contributed by atoms with van der Waals surface area (Å²) in [4.78, 5) is 25.2. The van der Waals surface area contributed by atoms with E-state index in [0.717, 1.165) is 48.2 Å². The number of fused-ring (bicyclic) bond motifs is 3. The van der Waals surface area contributed by atoms with Crippen LogP contribution in [0.15, 0.2) is 24.8 Å². The minimum atomic E-state index is -0.383. The molecule has 4 heterocycles. The summed E-state index contributed by atoms with van der Waals surface area (Å²) in [6, 6.07) is 3.68. The number of piperazine rings is 1. The molecule has 1 fully saturated rings. The SMILES string of the molecule is N#CC(=O)CN1CCN(n2cnc3cnc4[nH]ccc4c32)CC1. The van der Waals surface area contributed by atoms with Crippen LogP contribution in [0.1, 0.15) is 0 Å². The minimum Gasteiger partial charge on any atom is -0.346 e. The van der Waals surface area contributed by atoms with Gasteiger partial charge in [-0.15, -0.1) is 0 Å². The second kappa shape index (κ2) is 5.37. The van der Waals surface area contributed by atoms with Gasteiger partial charge in [-0.3, -0.25) is 9.69 Å². The molecular weight excluding hydrogens is 294 g/mol. The maximum Gasteiger partial charge on any atom is 0.245 e. The van der Waals surface area contributed by atoms with Crippen molar-refractivity contribution in [3.05, 3.63) is 24.8 Å². The lowest BCUT2D eigenvalue weighted by molar-refractivity contribution is -0.115. The molecule has 0 atom stereocenters. The number of imidazole rings is 1. The normalized spacial score (nSPS) is 16.0. The van der Waals surface area contributed by atoms with Crippen molar-refractivity contribution in [2.45, 2.75) is 0 Å². The van der Waals surface area contributed by atoms with Crippen LogP contribution in [0.3, 0.4) is 0 Å². The van der Waals surface area contributed by atoms with Gasteiger partial charge in [0.15, 0.2) is 0 Å². The fourth-order valence-corrected chi connectivity index (χ4v) is 3.06. The maximum absolute atomic E-state index is 11.2. The van der Waals surface area contributed by atoms with Crippen molar-refractivity contribution in [2.75, 3.05) is 37.7 Å². The molecule has 3 aromatic heterocycles. The van der Waals surface area contributed by atoms with Gasteiger partial charge in [-0.25, -0.2) is 14.6 Å². The van der Waals surface area contributed by atoms with Crippen molar-refractivity contribution in [3.8, 4) is 6.07 Å². The van der Waals surface area contributed by atoms with Gasteiger partial charge >= 0.3 is 0 Å². The molecule has 0 radical (unpaired) electrons. The molecule has 0 spiro atoms. The molecule has 1 aliphatic rings. The predicted octanol–water partition coefficient (Wildman–Crippen LogP) is 0.259. The Morgan fingerprint density at radius 1 is 1.30 bits per heavy atom. The zero-order valence-electron chi connectivity index (χ0n) is 12.4. The number of hydrogen-bond acceptors (Lipinski definition) is 6. The summed E-state index contributed by atoms with van der Waals surface area (Å²) in [5, 5.41) is 11.9. The van der Waals surface area contributed by atoms with Crippen molar-refractivity contribution in [2.24, 2.45) is 0 Å². The lowest BCUT2D eigenvalue weighted by Gasteiger charge is -2.35. The highest BCUT2D eigenvalue weighted by Gasteiger charge is 2.21. The first-order chi connectivity index (χ1) is 11.3. The lowest BCUT2D eigenvalue weighted by atomic mass is 10.3. The van der Waals surface area contributed by atoms with E-state index in [1.54, 1.807) is 12.3 Å². The molecule has 4 rings (SSSR count). The number of carbonyl (C=O) groups is 1. The van der Waals surface area contributed by atoms with Gasteiger partial charge in [0.05, 0.1) is 12.7 Å². The zero-order valence-corrected chi connectivity index (χ0v) is 12.4. The summed E-state index contributed by atoms with van der Waals surface area (Å²) in [6.07, 6.45) is 5.46. The monoisotopic (exact) mass is 309 g/mol. The second-order valence-electron chi connectivity index (χ2n) is 5.59. The van der Waals surface area contributed by atoms with E-state index < -0.39 is 0 Å². The first-order valence-electron chi connectivity index (χ1n) is 7.46. The Bertz CT molecular complexity index is 911. The molecule has 0 aliphatic carbocycles. The van der Waals surface area contributed by atoms with Crippen molar-refractivity contribution < 1.29 is 4.79 Å². The number of rotatable bonds is 3. The van der Waals surface area contributed by atoms with Crippen molar-refractivity contribution in [1.29, 1.82) is 5.26 Å². The zero-order chi connectivity index (χ0) is 15.8. The van der Waals surface area contributed by atoms with Crippen LogP contribution in [-0.4, -0.2) is 63.0 Å². The van der Waals surface area contributed by atoms with Crippen LogP contribution in [-0.2, 0) is 4.79 Å². The highest BCUT2D eigenvalue weighted by molar-refractivity contribution is 6.01. The Balaban J connectivity index is 1.60. The van der Waals surface area contributed by atoms with Crippen LogP contribution in [0.25, 0.3) is 22.1 Å². The summed E-state index contributed by atoms with van der Waals surface area (Å²) in [5.74, 6) is -0.383. The van der Waals surface area contributed by atoms with E-state index in [-0.39, 0.29) is 12.3 Å². The van der Waals surface area contributed by atoms with Crippen LogP contribution < -0.4 is 5.01 Å². The van der Waals surface area contributed by atoms with Crippen molar-refractivity contribution in [3.63, 3.8) is 0 Å². The first kappa shape index (κ1) is 13.7. The molecule has 8 heteroatoms. The predicted molar refractivity (Wildman–Crippen MR) is 84.4 cm³/mol. The number of pyridine rings is 1. The summed E-state index contributed by atoms with van der Waals surface area (Å²) < 4.78 is 2.07. The van der Waals surface area contributed by atoms with E-state index in [1.807, 2.05) is 23.5 Å². The summed E-state index contributed by atoms with van der Waals surface area (Å²) >= 11 is 0. The number of aromatic amines is 1. The fourth-order valence-electron chi connectivity index (χ4n) is 3.06. The van der Waals surface area contributed by atoms with Gasteiger partial charge in [-0.2, -0.15) is 5.26 Å². The molecule has 0 bridgehead atoms. The van der Waals surface area contributed by atoms with Crippen LogP contribution in [0.4, 0.5) is 0 Å². The van der Waals surface area contributed by atoms with E-state index >= 15 is 0 Å². The van der Waals surface area contributed by atoms with Crippen LogP contribution >= 0.6 is 0 Å². The van der Waals surface area contributed by atoms with E-state index in [4.69, 9.17) is 5.26 Å². The topological polar surface area (TPSA) is 93.8 Å². The third-order valence-corrected chi connectivity index (χ3v) is 4.22. The average molecular weight is 309 g/mol. The summed E-state index contributed by atoms with van der Waals surface area (Å²) in [6.45, 7) is 3.25. The van der Waals surface area contributed by atoms with Crippen molar-refractivity contribution >= 4 is 27.9 Å². The Hall–Kier alpha value is -2.92. The van der Waals surface area contributed by atoms with E-state index in [2.05, 4.69) is 24.6 Å². The second-order valence-corrected chi connectivity index (χ2v) is 5.59. The molecule has 23 heavy (non-hydrogen) atoms. The van der Waals surface area contributed by atoms with E-state index in [0.29, 0.717) is 0 Å². The van der Waals surface area contributed by atoms with Gasteiger partial charge in [-0.05, 0) is 6.07 Å². The number of nitrogens with zero attached hydrogens (tertiary/aromatic N) is 6. The third kappa shape index (κ3) is 2.31. The molecule has 0 unspecified atom stereocenters. The Labute approximate surface area is 131 Å². The summed E-state index contributed by atoms with van der Waals surface area (Å²) in [7, 11) is 0. The molecule has 116 valence electrons. The molecule has 3 aromatic rings. The summed E-state index contributed by atoms with van der Waals surface area (Å²) in [5.41, 5.74) is 2.74.